The van der Waals surface area contributed by atoms with Crippen LogP contribution in [-0.4, -0.2) is 65.5 Å². The number of hydrogen-bond donors (Lipinski definition) is 1. The van der Waals surface area contributed by atoms with Gasteiger partial charge in [-0.25, -0.2) is 4.98 Å². The number of aromatic nitrogens is 2. The van der Waals surface area contributed by atoms with Crippen LogP contribution in [0.25, 0.3) is 11.0 Å². The second-order valence-electron chi connectivity index (χ2n) is 5.72. The van der Waals surface area contributed by atoms with Gasteiger partial charge in [-0.3, -0.25) is 9.69 Å². The minimum Gasteiger partial charge on any atom is -0.379 e. The van der Waals surface area contributed by atoms with Crippen molar-refractivity contribution in [2.24, 2.45) is 0 Å². The van der Waals surface area contributed by atoms with Crippen LogP contribution in [0.3, 0.4) is 0 Å². The fraction of sp³-hybridized carbons (Fsp3) is 0.529. The molecule has 2 aromatic rings. The van der Waals surface area contributed by atoms with E-state index < -0.39 is 0 Å². The quantitative estimate of drug-likeness (QED) is 0.770. The highest BCUT2D eigenvalue weighted by Gasteiger charge is 2.13. The zero-order valence-electron chi connectivity index (χ0n) is 14.0. The summed E-state index contributed by atoms with van der Waals surface area (Å²) in [4.78, 5) is 19.0. The van der Waals surface area contributed by atoms with Crippen molar-refractivity contribution < 1.29 is 9.53 Å². The molecule has 0 aliphatic carbocycles. The molecule has 1 N–H and O–H groups in total. The fourth-order valence-electron chi connectivity index (χ4n) is 2.83. The number of carbonyl (C=O) groups excluding carboxylic acids is 1. The first kappa shape index (κ1) is 17.3. The van der Waals surface area contributed by atoms with Gasteiger partial charge >= 0.3 is 0 Å². The third-order valence-corrected chi connectivity index (χ3v) is 5.10. The summed E-state index contributed by atoms with van der Waals surface area (Å²) in [5, 5.41) is 3.90. The molecule has 130 valence electrons. The summed E-state index contributed by atoms with van der Waals surface area (Å²) < 4.78 is 7.47. The van der Waals surface area contributed by atoms with E-state index >= 15 is 0 Å². The van der Waals surface area contributed by atoms with E-state index in [1.54, 1.807) is 0 Å². The molecule has 1 aliphatic heterocycles. The Morgan fingerprint density at radius 3 is 2.92 bits per heavy atom. The van der Waals surface area contributed by atoms with Crippen LogP contribution in [0, 0.1) is 0 Å². The minimum atomic E-state index is 0.0583. The van der Waals surface area contributed by atoms with Crippen LogP contribution in [-0.2, 0) is 16.1 Å². The monoisotopic (exact) mass is 348 g/mol. The summed E-state index contributed by atoms with van der Waals surface area (Å²) in [6.45, 7) is 7.99. The van der Waals surface area contributed by atoms with Gasteiger partial charge in [0, 0.05) is 32.7 Å². The van der Waals surface area contributed by atoms with Gasteiger partial charge in [-0.2, -0.15) is 0 Å². The number of fused-ring (bicyclic) bond motifs is 1. The molecule has 1 saturated heterocycles. The van der Waals surface area contributed by atoms with Gasteiger partial charge in [0.1, 0.15) is 0 Å². The van der Waals surface area contributed by atoms with Crippen molar-refractivity contribution in [3.63, 3.8) is 0 Å². The molecule has 1 aliphatic rings. The van der Waals surface area contributed by atoms with Gasteiger partial charge in [-0.15, -0.1) is 0 Å². The molecule has 6 nitrogen and oxygen atoms in total. The summed E-state index contributed by atoms with van der Waals surface area (Å²) in [5.74, 6) is 0.454. The molecule has 0 spiro atoms. The Kier molecular flexibility index (Phi) is 6.12. The van der Waals surface area contributed by atoms with Crippen LogP contribution >= 0.6 is 11.8 Å². The number of para-hydroxylation sites is 2. The van der Waals surface area contributed by atoms with Gasteiger partial charge < -0.3 is 14.6 Å². The summed E-state index contributed by atoms with van der Waals surface area (Å²) in [6, 6.07) is 8.08. The first-order valence-corrected chi connectivity index (χ1v) is 9.41. The molecule has 0 radical (unpaired) electrons. The molecule has 1 aromatic carbocycles. The first-order valence-electron chi connectivity index (χ1n) is 8.43. The summed E-state index contributed by atoms with van der Waals surface area (Å²) in [5.41, 5.74) is 2.10. The average Bonchev–Trinajstić information content (AvgIpc) is 2.98. The summed E-state index contributed by atoms with van der Waals surface area (Å²) in [6.07, 6.45) is 0. The van der Waals surface area contributed by atoms with Crippen molar-refractivity contribution in [3.8, 4) is 0 Å². The van der Waals surface area contributed by atoms with Crippen LogP contribution in [0.4, 0.5) is 0 Å². The van der Waals surface area contributed by atoms with E-state index in [4.69, 9.17) is 4.74 Å². The lowest BCUT2D eigenvalue weighted by Gasteiger charge is -2.26. The molecule has 0 bridgehead atoms. The Labute approximate surface area is 146 Å². The SMILES string of the molecule is CCn1c(SCC(=O)NCCN2CCOCC2)nc2ccccc21. The lowest BCUT2D eigenvalue weighted by Crippen LogP contribution is -2.41. The molecular formula is C17H24N4O2S. The number of imidazole rings is 1. The number of ether oxygens (including phenoxy) is 1. The Hall–Kier alpha value is -1.57. The van der Waals surface area contributed by atoms with E-state index in [9.17, 15) is 4.79 Å². The van der Waals surface area contributed by atoms with E-state index in [1.165, 1.54) is 11.8 Å². The molecule has 0 atom stereocenters. The Balaban J connectivity index is 1.47. The van der Waals surface area contributed by atoms with E-state index in [-0.39, 0.29) is 5.91 Å². The van der Waals surface area contributed by atoms with Crippen LogP contribution in [0.2, 0.25) is 0 Å². The standard InChI is InChI=1S/C17H24N4O2S/c1-2-21-15-6-4-3-5-14(15)19-17(21)24-13-16(22)18-7-8-20-9-11-23-12-10-20/h3-6H,2,7-13H2,1H3,(H,18,22). The van der Waals surface area contributed by atoms with Crippen molar-refractivity contribution in [2.45, 2.75) is 18.6 Å². The number of morpholine rings is 1. The third kappa shape index (κ3) is 4.28. The van der Waals surface area contributed by atoms with Crippen LogP contribution in [0.15, 0.2) is 29.4 Å². The molecular weight excluding hydrogens is 324 g/mol. The maximum absolute atomic E-state index is 12.1. The zero-order valence-corrected chi connectivity index (χ0v) is 14.8. The van der Waals surface area contributed by atoms with Crippen molar-refractivity contribution in [2.75, 3.05) is 45.1 Å². The topological polar surface area (TPSA) is 59.4 Å². The van der Waals surface area contributed by atoms with Crippen LogP contribution in [0.5, 0.6) is 0 Å². The highest BCUT2D eigenvalue weighted by molar-refractivity contribution is 7.99. The molecule has 2 heterocycles. The number of thioether (sulfide) groups is 1. The third-order valence-electron chi connectivity index (χ3n) is 4.12. The van der Waals surface area contributed by atoms with E-state index in [0.29, 0.717) is 12.3 Å². The number of rotatable bonds is 7. The predicted molar refractivity (Wildman–Crippen MR) is 96.4 cm³/mol. The molecule has 3 rings (SSSR count). The first-order chi connectivity index (χ1) is 11.8. The highest BCUT2D eigenvalue weighted by atomic mass is 32.2. The van der Waals surface area contributed by atoms with Gasteiger partial charge in [-0.1, -0.05) is 23.9 Å². The van der Waals surface area contributed by atoms with Gasteiger partial charge in [-0.05, 0) is 19.1 Å². The maximum atomic E-state index is 12.1. The second-order valence-corrected chi connectivity index (χ2v) is 6.66. The molecule has 0 unspecified atom stereocenters. The predicted octanol–water partition coefficient (Wildman–Crippen LogP) is 1.60. The van der Waals surface area contributed by atoms with Crippen LogP contribution < -0.4 is 5.32 Å². The Morgan fingerprint density at radius 1 is 1.33 bits per heavy atom. The molecule has 7 heteroatoms. The van der Waals surface area contributed by atoms with Crippen molar-refractivity contribution in [3.05, 3.63) is 24.3 Å². The molecule has 24 heavy (non-hydrogen) atoms. The number of nitrogens with zero attached hydrogens (tertiary/aromatic N) is 3. The number of hydrogen-bond acceptors (Lipinski definition) is 5. The minimum absolute atomic E-state index is 0.0583. The largest absolute Gasteiger partial charge is 0.379 e. The number of amides is 1. The van der Waals surface area contributed by atoms with Crippen LogP contribution in [0.1, 0.15) is 6.92 Å². The number of carbonyl (C=O) groups is 1. The highest BCUT2D eigenvalue weighted by Crippen LogP contribution is 2.23. The second kappa shape index (κ2) is 8.50. The number of benzene rings is 1. The van der Waals surface area contributed by atoms with Crippen molar-refractivity contribution >= 4 is 28.7 Å². The number of nitrogens with one attached hydrogen (secondary N) is 1. The van der Waals surface area contributed by atoms with E-state index in [1.807, 2.05) is 18.2 Å². The Bertz CT molecular complexity index is 682. The van der Waals surface area contributed by atoms with E-state index in [2.05, 4.69) is 32.8 Å². The molecule has 0 saturated carbocycles. The zero-order chi connectivity index (χ0) is 16.8. The molecule has 1 amide bonds. The average molecular weight is 348 g/mol. The van der Waals surface area contributed by atoms with Gasteiger partial charge in [0.05, 0.1) is 30.0 Å². The van der Waals surface area contributed by atoms with Gasteiger partial charge in [0.25, 0.3) is 0 Å². The van der Waals surface area contributed by atoms with E-state index in [0.717, 1.165) is 55.6 Å². The van der Waals surface area contributed by atoms with Crippen molar-refractivity contribution in [1.29, 1.82) is 0 Å². The smallest absolute Gasteiger partial charge is 0.230 e. The fourth-order valence-corrected chi connectivity index (χ4v) is 3.74. The lowest BCUT2D eigenvalue weighted by molar-refractivity contribution is -0.118. The van der Waals surface area contributed by atoms with Crippen molar-refractivity contribution in [1.82, 2.24) is 19.8 Å². The Morgan fingerprint density at radius 2 is 2.12 bits per heavy atom. The van der Waals surface area contributed by atoms with Gasteiger partial charge in [0.2, 0.25) is 5.91 Å². The molecule has 1 fully saturated rings. The van der Waals surface area contributed by atoms with Gasteiger partial charge in [0.15, 0.2) is 5.16 Å². The number of aryl methyl sites for hydroxylation is 1. The normalized spacial score (nSPS) is 15.7. The molecule has 1 aromatic heterocycles. The summed E-state index contributed by atoms with van der Waals surface area (Å²) >= 11 is 1.50. The summed E-state index contributed by atoms with van der Waals surface area (Å²) in [7, 11) is 0. The lowest BCUT2D eigenvalue weighted by atomic mass is 10.3. The maximum Gasteiger partial charge on any atom is 0.230 e.